The fourth-order valence-electron chi connectivity index (χ4n) is 2.29. The van der Waals surface area contributed by atoms with Crippen molar-refractivity contribution < 1.29 is 17.3 Å². The summed E-state index contributed by atoms with van der Waals surface area (Å²) in [5, 5.41) is 3.84. The third kappa shape index (κ3) is 3.94. The molecule has 2 aromatic rings. The maximum atomic E-state index is 13.0. The summed E-state index contributed by atoms with van der Waals surface area (Å²) in [7, 11) is -3.36. The van der Waals surface area contributed by atoms with Crippen LogP contribution < -0.4 is 4.72 Å². The molecule has 1 saturated carbocycles. The lowest BCUT2D eigenvalue weighted by Crippen LogP contribution is -2.31. The molecule has 1 aliphatic rings. The molecule has 1 aromatic heterocycles. The Morgan fingerprint density at radius 1 is 1.35 bits per heavy atom. The zero-order chi connectivity index (χ0) is 16.6. The van der Waals surface area contributed by atoms with Gasteiger partial charge in [-0.2, -0.15) is 4.98 Å². The van der Waals surface area contributed by atoms with E-state index in [2.05, 4.69) is 14.9 Å². The number of rotatable bonds is 6. The van der Waals surface area contributed by atoms with Crippen LogP contribution in [0.15, 0.2) is 28.8 Å². The smallest absolute Gasteiger partial charge is 0.233 e. The lowest BCUT2D eigenvalue weighted by Gasteiger charge is -2.09. The molecule has 1 aliphatic carbocycles. The minimum atomic E-state index is -3.36. The number of hydrogen-bond acceptors (Lipinski definition) is 5. The Labute approximate surface area is 134 Å². The second kappa shape index (κ2) is 6.01. The molecule has 6 nitrogen and oxygen atoms in total. The fraction of sp³-hybridized carbons (Fsp3) is 0.467. The topological polar surface area (TPSA) is 85.1 Å². The molecule has 1 aromatic carbocycles. The summed E-state index contributed by atoms with van der Waals surface area (Å²) in [6.45, 7) is 3.55. The molecule has 0 unspecified atom stereocenters. The van der Waals surface area contributed by atoms with E-state index >= 15 is 0 Å². The highest BCUT2D eigenvalue weighted by Gasteiger charge is 2.43. The number of halogens is 1. The van der Waals surface area contributed by atoms with Crippen LogP contribution in [0, 0.1) is 0 Å². The molecule has 8 heteroatoms. The Hall–Kier alpha value is -1.80. The average molecular weight is 339 g/mol. The van der Waals surface area contributed by atoms with Gasteiger partial charge >= 0.3 is 0 Å². The van der Waals surface area contributed by atoms with Crippen LogP contribution in [0.1, 0.15) is 37.6 Å². The number of aromatic nitrogens is 2. The van der Waals surface area contributed by atoms with Crippen molar-refractivity contribution >= 4 is 10.0 Å². The van der Waals surface area contributed by atoms with Crippen LogP contribution in [0.4, 0.5) is 4.39 Å². The zero-order valence-electron chi connectivity index (χ0n) is 12.9. The van der Waals surface area contributed by atoms with Gasteiger partial charge < -0.3 is 4.52 Å². The van der Waals surface area contributed by atoms with Gasteiger partial charge in [-0.25, -0.2) is 17.5 Å². The first kappa shape index (κ1) is 16.1. The Kier molecular flexibility index (Phi) is 4.20. The summed E-state index contributed by atoms with van der Waals surface area (Å²) in [6.07, 6.45) is -0.453. The van der Waals surface area contributed by atoms with Crippen molar-refractivity contribution in [3.8, 4) is 11.4 Å². The average Bonchev–Trinajstić information content (AvgIpc) is 2.99. The van der Waals surface area contributed by atoms with Gasteiger partial charge in [0.2, 0.25) is 21.7 Å². The normalized spacial score (nSPS) is 20.9. The molecule has 0 saturated heterocycles. The van der Waals surface area contributed by atoms with Crippen molar-refractivity contribution in [1.29, 1.82) is 0 Å². The second-order valence-corrected chi connectivity index (χ2v) is 7.80. The standard InChI is InChI=1S/C15H18FN3O3S/c1-9(2)19-23(20,21)8-10-3-5-11(6-4-10)14-17-15(22-18-14)12-7-13(12)16/h3-6,9,12-13,19H,7-8H2,1-2H3/t12-,13+/m0/s1. The summed E-state index contributed by atoms with van der Waals surface area (Å²) in [5.74, 6) is 0.339. The minimum absolute atomic E-state index is 0.0887. The molecule has 1 N–H and O–H groups in total. The molecular formula is C15H18FN3O3S. The van der Waals surface area contributed by atoms with Gasteiger partial charge in [0, 0.05) is 11.6 Å². The molecule has 1 fully saturated rings. The van der Waals surface area contributed by atoms with Gasteiger partial charge in [-0.3, -0.25) is 0 Å². The SMILES string of the molecule is CC(C)NS(=O)(=O)Cc1ccc(-c2noc([C@H]3C[C@H]3F)n2)cc1. The predicted molar refractivity (Wildman–Crippen MR) is 82.9 cm³/mol. The first-order valence-electron chi connectivity index (χ1n) is 7.41. The Bertz CT molecular complexity index is 787. The van der Waals surface area contributed by atoms with Crippen LogP contribution in [0.2, 0.25) is 0 Å². The zero-order valence-corrected chi connectivity index (χ0v) is 13.7. The summed E-state index contributed by atoms with van der Waals surface area (Å²) >= 11 is 0. The van der Waals surface area contributed by atoms with E-state index in [0.717, 1.165) is 0 Å². The highest BCUT2D eigenvalue weighted by molar-refractivity contribution is 7.88. The highest BCUT2D eigenvalue weighted by Crippen LogP contribution is 2.42. The summed E-state index contributed by atoms with van der Waals surface area (Å²) in [6, 6.07) is 6.74. The molecule has 0 bridgehead atoms. The van der Waals surface area contributed by atoms with E-state index in [4.69, 9.17) is 4.52 Å². The molecule has 0 amide bonds. The van der Waals surface area contributed by atoms with E-state index in [-0.39, 0.29) is 17.7 Å². The van der Waals surface area contributed by atoms with E-state index in [1.54, 1.807) is 38.1 Å². The number of sulfonamides is 1. The van der Waals surface area contributed by atoms with E-state index in [9.17, 15) is 12.8 Å². The lowest BCUT2D eigenvalue weighted by molar-refractivity contribution is 0.363. The van der Waals surface area contributed by atoms with Gasteiger partial charge in [-0.1, -0.05) is 29.4 Å². The maximum Gasteiger partial charge on any atom is 0.233 e. The molecule has 0 spiro atoms. The van der Waals surface area contributed by atoms with Gasteiger partial charge in [0.15, 0.2) is 0 Å². The molecule has 1 heterocycles. The quantitative estimate of drug-likeness (QED) is 0.873. The minimum Gasteiger partial charge on any atom is -0.339 e. The number of alkyl halides is 1. The summed E-state index contributed by atoms with van der Waals surface area (Å²) in [5.41, 5.74) is 1.37. The van der Waals surface area contributed by atoms with E-state index in [1.807, 2.05) is 0 Å². The van der Waals surface area contributed by atoms with Gasteiger partial charge in [0.05, 0.1) is 11.7 Å². The Morgan fingerprint density at radius 2 is 2.00 bits per heavy atom. The van der Waals surface area contributed by atoms with E-state index < -0.39 is 16.2 Å². The molecule has 3 rings (SSSR count). The first-order valence-corrected chi connectivity index (χ1v) is 9.06. The largest absolute Gasteiger partial charge is 0.339 e. The first-order chi connectivity index (χ1) is 10.8. The molecule has 0 aliphatic heterocycles. The maximum absolute atomic E-state index is 13.0. The fourth-order valence-corrected chi connectivity index (χ4v) is 3.73. The molecule has 23 heavy (non-hydrogen) atoms. The number of benzene rings is 1. The molecule has 2 atom stereocenters. The van der Waals surface area contributed by atoms with E-state index in [1.165, 1.54) is 0 Å². The lowest BCUT2D eigenvalue weighted by atomic mass is 10.1. The van der Waals surface area contributed by atoms with Crippen LogP contribution in [0.25, 0.3) is 11.4 Å². The number of nitrogens with zero attached hydrogens (tertiary/aromatic N) is 2. The van der Waals surface area contributed by atoms with Gasteiger partial charge in [-0.15, -0.1) is 0 Å². The predicted octanol–water partition coefficient (Wildman–Crippen LogP) is 2.39. The molecule has 124 valence electrons. The highest BCUT2D eigenvalue weighted by atomic mass is 32.2. The van der Waals surface area contributed by atoms with Crippen molar-refractivity contribution in [2.24, 2.45) is 0 Å². The van der Waals surface area contributed by atoms with Gasteiger partial charge in [-0.05, 0) is 25.8 Å². The van der Waals surface area contributed by atoms with Crippen molar-refractivity contribution in [3.05, 3.63) is 35.7 Å². The van der Waals surface area contributed by atoms with Crippen molar-refractivity contribution in [1.82, 2.24) is 14.9 Å². The van der Waals surface area contributed by atoms with E-state index in [0.29, 0.717) is 29.3 Å². The second-order valence-electron chi connectivity index (χ2n) is 6.04. The monoisotopic (exact) mass is 339 g/mol. The molecular weight excluding hydrogens is 321 g/mol. The Balaban J connectivity index is 1.71. The molecule has 0 radical (unpaired) electrons. The Morgan fingerprint density at radius 3 is 2.57 bits per heavy atom. The van der Waals surface area contributed by atoms with Gasteiger partial charge in [0.1, 0.15) is 6.17 Å². The van der Waals surface area contributed by atoms with Crippen LogP contribution in [0.5, 0.6) is 0 Å². The van der Waals surface area contributed by atoms with Crippen LogP contribution in [-0.4, -0.2) is 30.8 Å². The number of nitrogens with one attached hydrogen (secondary N) is 1. The van der Waals surface area contributed by atoms with Crippen molar-refractivity contribution in [2.45, 2.75) is 44.2 Å². The van der Waals surface area contributed by atoms with Crippen LogP contribution in [-0.2, 0) is 15.8 Å². The van der Waals surface area contributed by atoms with Gasteiger partial charge in [0.25, 0.3) is 0 Å². The van der Waals surface area contributed by atoms with Crippen molar-refractivity contribution in [2.75, 3.05) is 0 Å². The van der Waals surface area contributed by atoms with Crippen LogP contribution in [0.3, 0.4) is 0 Å². The summed E-state index contributed by atoms with van der Waals surface area (Å²) < 4.78 is 44.4. The van der Waals surface area contributed by atoms with Crippen molar-refractivity contribution in [3.63, 3.8) is 0 Å². The number of hydrogen-bond donors (Lipinski definition) is 1. The third-order valence-electron chi connectivity index (χ3n) is 3.46. The third-order valence-corrected chi connectivity index (χ3v) is 5.00. The van der Waals surface area contributed by atoms with Crippen LogP contribution >= 0.6 is 0 Å². The summed E-state index contributed by atoms with van der Waals surface area (Å²) in [4.78, 5) is 4.19.